The van der Waals surface area contributed by atoms with Crippen LogP contribution in [0.25, 0.3) is 11.3 Å². The van der Waals surface area contributed by atoms with E-state index in [1.54, 1.807) is 26.1 Å². The Morgan fingerprint density at radius 3 is 2.50 bits per heavy atom. The van der Waals surface area contributed by atoms with Gasteiger partial charge in [-0.05, 0) is 50.2 Å². The molecule has 6 nitrogen and oxygen atoms in total. The highest BCUT2D eigenvalue weighted by Gasteiger charge is 2.31. The molecule has 0 radical (unpaired) electrons. The summed E-state index contributed by atoms with van der Waals surface area (Å²) in [6.45, 7) is 3.90. The number of alkyl halides is 3. The number of carboxylic acids is 1. The summed E-state index contributed by atoms with van der Waals surface area (Å²) in [7, 11) is 0. The second kappa shape index (κ2) is 9.78. The van der Waals surface area contributed by atoms with Crippen LogP contribution in [0.4, 0.5) is 18.9 Å². The zero-order valence-electron chi connectivity index (χ0n) is 17.1. The normalized spacial score (nSPS) is 11.9. The largest absolute Gasteiger partial charge is 0.573 e. The van der Waals surface area contributed by atoms with Gasteiger partial charge in [0.2, 0.25) is 0 Å². The highest BCUT2D eigenvalue weighted by Crippen LogP contribution is 2.34. The average Bonchev–Trinajstić information content (AvgIpc) is 3.14. The highest BCUT2D eigenvalue weighted by molar-refractivity contribution is 8.02. The fourth-order valence-electron chi connectivity index (χ4n) is 2.54. The number of pyridine rings is 1. The number of carbonyl (C=O) groups is 1. The molecule has 2 heterocycles. The van der Waals surface area contributed by atoms with Crippen LogP contribution >= 0.6 is 23.1 Å². The van der Waals surface area contributed by atoms with Gasteiger partial charge >= 0.3 is 12.3 Å². The molecular formula is C21H20F3N3O3S2. The summed E-state index contributed by atoms with van der Waals surface area (Å²) >= 11 is 2.64. The van der Waals surface area contributed by atoms with Gasteiger partial charge in [0, 0.05) is 23.9 Å². The van der Waals surface area contributed by atoms with E-state index >= 15 is 0 Å². The Hall–Kier alpha value is -2.79. The molecule has 0 amide bonds. The van der Waals surface area contributed by atoms with Gasteiger partial charge in [-0.25, -0.2) is 4.98 Å². The number of carboxylic acid groups (broad SMARTS) is 1. The summed E-state index contributed by atoms with van der Waals surface area (Å²) in [6, 6.07) is 9.12. The standard InChI is InChI=1S/C21H20F3N3O3S2/c1-20(2,18(28)29)32-19-27-15(12-31-19)9-10-25-14-5-8-17(26-11-14)13-3-6-16(7-4-13)30-21(22,23)24/h3-8,11-12,25H,9-10H2,1-2H3,(H,28,29). The molecule has 3 rings (SSSR count). The van der Waals surface area contributed by atoms with Crippen LogP contribution in [0.2, 0.25) is 0 Å². The van der Waals surface area contributed by atoms with Gasteiger partial charge < -0.3 is 15.2 Å². The predicted octanol–water partition coefficient (Wildman–Crippen LogP) is 5.71. The number of thiazole rings is 1. The van der Waals surface area contributed by atoms with E-state index < -0.39 is 17.1 Å². The van der Waals surface area contributed by atoms with Crippen LogP contribution in [0.5, 0.6) is 5.75 Å². The molecular weight excluding hydrogens is 463 g/mol. The molecule has 0 aliphatic carbocycles. The van der Waals surface area contributed by atoms with Crippen molar-refractivity contribution in [3.63, 3.8) is 0 Å². The summed E-state index contributed by atoms with van der Waals surface area (Å²) in [5.41, 5.74) is 2.96. The number of aliphatic carboxylic acids is 1. The topological polar surface area (TPSA) is 84.3 Å². The van der Waals surface area contributed by atoms with Crippen molar-refractivity contribution in [1.29, 1.82) is 0 Å². The molecule has 170 valence electrons. The molecule has 0 aliphatic heterocycles. The second-order valence-electron chi connectivity index (χ2n) is 7.20. The third-order valence-corrected chi connectivity index (χ3v) is 6.42. The molecule has 2 N–H and O–H groups in total. The first-order valence-electron chi connectivity index (χ1n) is 9.45. The minimum atomic E-state index is -4.72. The number of nitrogens with one attached hydrogen (secondary N) is 1. The predicted molar refractivity (Wildman–Crippen MR) is 118 cm³/mol. The number of rotatable bonds is 9. The number of halogens is 3. The number of anilines is 1. The van der Waals surface area contributed by atoms with E-state index in [-0.39, 0.29) is 5.75 Å². The summed E-state index contributed by atoms with van der Waals surface area (Å²) in [4.78, 5) is 20.0. The van der Waals surface area contributed by atoms with Crippen molar-refractivity contribution in [2.75, 3.05) is 11.9 Å². The Kier molecular flexibility index (Phi) is 7.29. The number of hydrogen-bond acceptors (Lipinski definition) is 7. The quantitative estimate of drug-likeness (QED) is 0.377. The van der Waals surface area contributed by atoms with E-state index in [0.717, 1.165) is 11.4 Å². The molecule has 0 atom stereocenters. The lowest BCUT2D eigenvalue weighted by molar-refractivity contribution is -0.274. The Labute approximate surface area is 190 Å². The van der Waals surface area contributed by atoms with Crippen molar-refractivity contribution in [1.82, 2.24) is 9.97 Å². The van der Waals surface area contributed by atoms with Crippen LogP contribution in [0.1, 0.15) is 19.5 Å². The molecule has 2 aromatic heterocycles. The van der Waals surface area contributed by atoms with Crippen molar-refractivity contribution in [3.8, 4) is 17.0 Å². The van der Waals surface area contributed by atoms with Crippen molar-refractivity contribution in [2.24, 2.45) is 0 Å². The molecule has 3 aromatic rings. The van der Waals surface area contributed by atoms with E-state index in [2.05, 4.69) is 20.0 Å². The maximum absolute atomic E-state index is 12.2. The summed E-state index contributed by atoms with van der Waals surface area (Å²) < 4.78 is 40.4. The lowest BCUT2D eigenvalue weighted by atomic mass is 10.1. The maximum atomic E-state index is 12.2. The maximum Gasteiger partial charge on any atom is 0.573 e. The van der Waals surface area contributed by atoms with Gasteiger partial charge in [0.15, 0.2) is 4.34 Å². The Balaban J connectivity index is 1.51. The van der Waals surface area contributed by atoms with E-state index in [9.17, 15) is 23.1 Å². The van der Waals surface area contributed by atoms with Gasteiger partial charge in [-0.15, -0.1) is 24.5 Å². The van der Waals surface area contributed by atoms with Crippen LogP contribution in [0.3, 0.4) is 0 Å². The molecule has 0 spiro atoms. The van der Waals surface area contributed by atoms with Gasteiger partial charge in [-0.3, -0.25) is 9.78 Å². The van der Waals surface area contributed by atoms with Gasteiger partial charge in [-0.2, -0.15) is 0 Å². The Bertz CT molecular complexity index is 1050. The minimum absolute atomic E-state index is 0.283. The van der Waals surface area contributed by atoms with Crippen molar-refractivity contribution >= 4 is 34.8 Å². The second-order valence-corrected chi connectivity index (χ2v) is 9.93. The van der Waals surface area contributed by atoms with Crippen LogP contribution in [-0.2, 0) is 11.2 Å². The van der Waals surface area contributed by atoms with E-state index in [1.807, 2.05) is 11.4 Å². The summed E-state index contributed by atoms with van der Waals surface area (Å²) in [5, 5.41) is 14.4. The highest BCUT2D eigenvalue weighted by atomic mass is 32.2. The first kappa shape index (κ1) is 23.9. The molecule has 1 aromatic carbocycles. The average molecular weight is 484 g/mol. The van der Waals surface area contributed by atoms with Crippen LogP contribution in [-0.4, -0.2) is 38.7 Å². The molecule has 32 heavy (non-hydrogen) atoms. The van der Waals surface area contributed by atoms with Gasteiger partial charge in [-0.1, -0.05) is 11.8 Å². The van der Waals surface area contributed by atoms with E-state index in [1.165, 1.54) is 47.4 Å². The fraction of sp³-hybridized carbons (Fsp3) is 0.286. The van der Waals surface area contributed by atoms with Gasteiger partial charge in [0.1, 0.15) is 10.5 Å². The van der Waals surface area contributed by atoms with Crippen molar-refractivity contribution in [2.45, 2.75) is 35.7 Å². The van der Waals surface area contributed by atoms with E-state index in [4.69, 9.17) is 0 Å². The number of ether oxygens (including phenoxy) is 1. The molecule has 0 bridgehead atoms. The lowest BCUT2D eigenvalue weighted by Crippen LogP contribution is -2.26. The monoisotopic (exact) mass is 483 g/mol. The molecule has 0 unspecified atom stereocenters. The molecule has 11 heteroatoms. The van der Waals surface area contributed by atoms with Crippen molar-refractivity contribution in [3.05, 3.63) is 53.7 Å². The number of nitrogens with zero attached hydrogens (tertiary/aromatic N) is 2. The smallest absolute Gasteiger partial charge is 0.480 e. The van der Waals surface area contributed by atoms with E-state index in [0.29, 0.717) is 28.6 Å². The number of hydrogen-bond donors (Lipinski definition) is 2. The molecule has 0 aliphatic rings. The third kappa shape index (κ3) is 6.86. The first-order chi connectivity index (χ1) is 15.0. The van der Waals surface area contributed by atoms with Crippen LogP contribution < -0.4 is 10.1 Å². The number of thioether (sulfide) groups is 1. The number of benzene rings is 1. The lowest BCUT2D eigenvalue weighted by Gasteiger charge is -2.15. The van der Waals surface area contributed by atoms with Crippen LogP contribution in [0, 0.1) is 0 Å². The summed E-state index contributed by atoms with van der Waals surface area (Å²) in [6.07, 6.45) is -2.42. The SMILES string of the molecule is CC(C)(Sc1nc(CCNc2ccc(-c3ccc(OC(F)(F)F)cc3)nc2)cs1)C(=O)O. The zero-order valence-corrected chi connectivity index (χ0v) is 18.8. The van der Waals surface area contributed by atoms with Crippen molar-refractivity contribution < 1.29 is 27.8 Å². The third-order valence-electron chi connectivity index (χ3n) is 4.25. The zero-order chi connectivity index (χ0) is 23.4. The molecule has 0 saturated heterocycles. The number of aromatic nitrogens is 2. The fourth-order valence-corrected chi connectivity index (χ4v) is 4.77. The Morgan fingerprint density at radius 2 is 1.91 bits per heavy atom. The molecule has 0 fully saturated rings. The summed E-state index contributed by atoms with van der Waals surface area (Å²) in [5.74, 6) is -1.17. The first-order valence-corrected chi connectivity index (χ1v) is 11.1. The van der Waals surface area contributed by atoms with Gasteiger partial charge in [0.25, 0.3) is 0 Å². The Morgan fingerprint density at radius 1 is 1.19 bits per heavy atom. The minimum Gasteiger partial charge on any atom is -0.480 e. The van der Waals surface area contributed by atoms with Crippen LogP contribution in [0.15, 0.2) is 52.3 Å². The molecule has 0 saturated carbocycles. The van der Waals surface area contributed by atoms with Gasteiger partial charge in [0.05, 0.1) is 23.3 Å².